The quantitative estimate of drug-likeness (QED) is 0.225. The number of carbonyl (C=O) groups is 2. The highest BCUT2D eigenvalue weighted by Gasteiger charge is 2.41. The van der Waals surface area contributed by atoms with Crippen molar-refractivity contribution in [3.63, 3.8) is 0 Å². The lowest BCUT2D eigenvalue weighted by Crippen LogP contribution is -2.42. The van der Waals surface area contributed by atoms with Crippen LogP contribution in [0.25, 0.3) is 16.8 Å². The lowest BCUT2D eigenvalue weighted by molar-refractivity contribution is -0.274. The van der Waals surface area contributed by atoms with E-state index in [2.05, 4.69) is 15.2 Å². The smallest absolute Gasteiger partial charge is 0.480 e. The van der Waals surface area contributed by atoms with Gasteiger partial charge < -0.3 is 15.2 Å². The summed E-state index contributed by atoms with van der Waals surface area (Å²) in [6, 6.07) is 14.9. The Morgan fingerprint density at radius 2 is 1.46 bits per heavy atom. The number of amides is 1. The Morgan fingerprint density at radius 1 is 0.902 bits per heavy atom. The van der Waals surface area contributed by atoms with E-state index in [4.69, 9.17) is 11.6 Å². The van der Waals surface area contributed by atoms with Crippen LogP contribution in [0.5, 0.6) is 5.75 Å². The number of rotatable bonds is 8. The molecule has 0 aliphatic rings. The zero-order valence-corrected chi connectivity index (χ0v) is 21.3. The number of ether oxygens (including phenoxy) is 1. The van der Waals surface area contributed by atoms with Gasteiger partial charge in [0.1, 0.15) is 11.8 Å². The molecule has 0 spiro atoms. The zero-order chi connectivity index (χ0) is 29.9. The maximum absolute atomic E-state index is 13.9. The molecule has 41 heavy (non-hydrogen) atoms. The summed E-state index contributed by atoms with van der Waals surface area (Å²) < 4.78 is 83.2. The molecule has 0 aliphatic carbocycles. The predicted octanol–water partition coefficient (Wildman–Crippen LogP) is 6.54. The van der Waals surface area contributed by atoms with Gasteiger partial charge >= 0.3 is 18.5 Å². The fourth-order valence-corrected chi connectivity index (χ4v) is 4.05. The summed E-state index contributed by atoms with van der Waals surface area (Å²) >= 11 is 5.79. The minimum Gasteiger partial charge on any atom is -0.480 e. The average Bonchev–Trinajstić information content (AvgIpc) is 3.35. The number of hydrogen-bond donors (Lipinski definition) is 2. The summed E-state index contributed by atoms with van der Waals surface area (Å²) in [6.45, 7) is 0. The van der Waals surface area contributed by atoms with E-state index < -0.39 is 47.5 Å². The fourth-order valence-electron chi connectivity index (χ4n) is 3.92. The molecule has 0 fully saturated rings. The Bertz CT molecular complexity index is 1530. The van der Waals surface area contributed by atoms with Crippen LogP contribution in [0, 0.1) is 0 Å². The number of carboxylic acid groups (broad SMARTS) is 1. The zero-order valence-electron chi connectivity index (χ0n) is 20.5. The summed E-state index contributed by atoms with van der Waals surface area (Å²) in [4.78, 5) is 24.7. The highest BCUT2D eigenvalue weighted by atomic mass is 35.5. The van der Waals surface area contributed by atoms with E-state index in [1.807, 2.05) is 0 Å². The van der Waals surface area contributed by atoms with E-state index in [0.29, 0.717) is 27.6 Å². The molecule has 4 rings (SSSR count). The SMILES string of the molecule is O=C(N[C@@H](Cc1ccc(-c2ccc(OC(F)(F)F)cc2)cc1)C(=O)O)c1cnn(-c2ccc(Cl)cc2)c1C(F)(F)F. The monoisotopic (exact) mass is 597 g/mol. The molecule has 0 unspecified atom stereocenters. The first-order valence-corrected chi connectivity index (χ1v) is 12.0. The van der Waals surface area contributed by atoms with Gasteiger partial charge in [0.2, 0.25) is 0 Å². The Hall–Kier alpha value is -4.52. The van der Waals surface area contributed by atoms with Gasteiger partial charge in [-0.15, -0.1) is 13.2 Å². The summed E-state index contributed by atoms with van der Waals surface area (Å²) in [7, 11) is 0. The molecule has 0 aliphatic heterocycles. The minimum atomic E-state index is -5.01. The molecule has 4 aromatic rings. The molecule has 1 aromatic heterocycles. The van der Waals surface area contributed by atoms with Gasteiger partial charge in [0.05, 0.1) is 17.4 Å². The Balaban J connectivity index is 1.50. The number of nitrogens with zero attached hydrogens (tertiary/aromatic N) is 2. The number of aliphatic carboxylic acids is 1. The van der Waals surface area contributed by atoms with Gasteiger partial charge in [-0.2, -0.15) is 18.3 Å². The van der Waals surface area contributed by atoms with Gasteiger partial charge in [0, 0.05) is 11.4 Å². The molecule has 7 nitrogen and oxygen atoms in total. The van der Waals surface area contributed by atoms with Crippen molar-refractivity contribution >= 4 is 23.5 Å². The fraction of sp³-hybridized carbons (Fsp3) is 0.148. The van der Waals surface area contributed by atoms with Crippen LogP contribution < -0.4 is 10.1 Å². The Labute approximate surface area is 232 Å². The average molecular weight is 598 g/mol. The van der Waals surface area contributed by atoms with Crippen molar-refractivity contribution in [2.24, 2.45) is 0 Å². The molecule has 0 bridgehead atoms. The molecule has 3 aromatic carbocycles. The van der Waals surface area contributed by atoms with Crippen molar-refractivity contribution in [3.8, 4) is 22.6 Å². The number of carboxylic acids is 1. The second-order valence-corrected chi connectivity index (χ2v) is 9.07. The maximum atomic E-state index is 13.9. The molecule has 214 valence electrons. The summed E-state index contributed by atoms with van der Waals surface area (Å²) in [5.41, 5.74) is -0.715. The van der Waals surface area contributed by atoms with Crippen molar-refractivity contribution in [1.82, 2.24) is 15.1 Å². The number of halogens is 7. The highest BCUT2D eigenvalue weighted by Crippen LogP contribution is 2.34. The maximum Gasteiger partial charge on any atom is 0.573 e. The molecule has 0 saturated carbocycles. The third-order valence-corrected chi connectivity index (χ3v) is 6.02. The van der Waals surface area contributed by atoms with Gasteiger partial charge in [-0.25, -0.2) is 9.48 Å². The summed E-state index contributed by atoms with van der Waals surface area (Å²) in [6.07, 6.45) is -9.41. The van der Waals surface area contributed by atoms with E-state index in [9.17, 15) is 41.0 Å². The number of nitrogens with one attached hydrogen (secondary N) is 1. The van der Waals surface area contributed by atoms with Crippen LogP contribution in [0.1, 0.15) is 21.6 Å². The number of carbonyl (C=O) groups excluding carboxylic acids is 1. The van der Waals surface area contributed by atoms with Gasteiger partial charge in [0.25, 0.3) is 5.91 Å². The van der Waals surface area contributed by atoms with E-state index in [1.165, 1.54) is 48.5 Å². The second-order valence-electron chi connectivity index (χ2n) is 8.63. The lowest BCUT2D eigenvalue weighted by atomic mass is 10.0. The minimum absolute atomic E-state index is 0.0156. The van der Waals surface area contributed by atoms with Gasteiger partial charge in [-0.1, -0.05) is 48.0 Å². The molecule has 1 heterocycles. The molecular formula is C27H18ClF6N3O4. The van der Waals surface area contributed by atoms with Crippen LogP contribution in [0.15, 0.2) is 79.0 Å². The van der Waals surface area contributed by atoms with Gasteiger partial charge in [-0.05, 0) is 53.1 Å². The molecular weight excluding hydrogens is 580 g/mol. The van der Waals surface area contributed by atoms with E-state index in [-0.39, 0.29) is 17.1 Å². The Kier molecular flexibility index (Phi) is 8.29. The van der Waals surface area contributed by atoms with Crippen LogP contribution >= 0.6 is 11.6 Å². The predicted molar refractivity (Wildman–Crippen MR) is 135 cm³/mol. The summed E-state index contributed by atoms with van der Waals surface area (Å²) in [5, 5.41) is 15.7. The van der Waals surface area contributed by atoms with Crippen LogP contribution in [0.3, 0.4) is 0 Å². The first-order chi connectivity index (χ1) is 19.2. The normalized spacial score (nSPS) is 12.6. The van der Waals surface area contributed by atoms with Crippen LogP contribution in [0.4, 0.5) is 26.3 Å². The first-order valence-electron chi connectivity index (χ1n) is 11.6. The highest BCUT2D eigenvalue weighted by molar-refractivity contribution is 6.30. The van der Waals surface area contributed by atoms with Crippen LogP contribution in [-0.2, 0) is 17.4 Å². The first kappa shape index (κ1) is 29.5. The number of aromatic nitrogens is 2. The third-order valence-electron chi connectivity index (χ3n) is 5.77. The van der Waals surface area contributed by atoms with Crippen molar-refractivity contribution in [2.45, 2.75) is 25.0 Å². The molecule has 0 saturated heterocycles. The molecule has 14 heteroatoms. The molecule has 1 amide bonds. The topological polar surface area (TPSA) is 93.4 Å². The number of alkyl halides is 6. The van der Waals surface area contributed by atoms with E-state index >= 15 is 0 Å². The molecule has 1 atom stereocenters. The van der Waals surface area contributed by atoms with Crippen LogP contribution in [-0.4, -0.2) is 39.2 Å². The van der Waals surface area contributed by atoms with Crippen molar-refractivity contribution in [2.75, 3.05) is 0 Å². The Morgan fingerprint density at radius 3 is 1.98 bits per heavy atom. The van der Waals surface area contributed by atoms with Crippen molar-refractivity contribution in [1.29, 1.82) is 0 Å². The lowest BCUT2D eigenvalue weighted by Gasteiger charge is -2.16. The van der Waals surface area contributed by atoms with E-state index in [1.54, 1.807) is 12.1 Å². The van der Waals surface area contributed by atoms with Crippen molar-refractivity contribution < 1.29 is 45.8 Å². The second kappa shape index (κ2) is 11.5. The third kappa shape index (κ3) is 7.37. The van der Waals surface area contributed by atoms with Gasteiger partial charge in [-0.3, -0.25) is 4.79 Å². The molecule has 2 N–H and O–H groups in total. The summed E-state index contributed by atoms with van der Waals surface area (Å²) in [5.74, 6) is -3.17. The van der Waals surface area contributed by atoms with Crippen molar-refractivity contribution in [3.05, 3.63) is 101 Å². The number of hydrogen-bond acceptors (Lipinski definition) is 4. The molecule has 0 radical (unpaired) electrons. The van der Waals surface area contributed by atoms with Crippen LogP contribution in [0.2, 0.25) is 5.02 Å². The largest absolute Gasteiger partial charge is 0.573 e. The van der Waals surface area contributed by atoms with E-state index in [0.717, 1.165) is 12.1 Å². The standard InChI is InChI=1S/C27H18ClF6N3O4/c28-18-7-9-19(10-8-18)37-23(26(29,30)31)21(14-35-37)24(38)36-22(25(39)40)13-15-1-3-16(4-2-15)17-5-11-20(12-6-17)41-27(32,33)34/h1-12,14,22H,13H2,(H,36,38)(H,39,40)/t22-/m0/s1. The number of benzene rings is 3. The van der Waals surface area contributed by atoms with Gasteiger partial charge in [0.15, 0.2) is 5.69 Å².